The number of carbonyl (C=O) groups excluding carboxylic acids is 1. The summed E-state index contributed by atoms with van der Waals surface area (Å²) in [5, 5.41) is 15.1. The number of hydrogen-bond acceptors (Lipinski definition) is 6. The maximum absolute atomic E-state index is 13.6. The fourth-order valence-corrected chi connectivity index (χ4v) is 2.37. The normalized spacial score (nSPS) is 10.8. The lowest BCUT2D eigenvalue weighted by Crippen LogP contribution is -2.27. The van der Waals surface area contributed by atoms with E-state index in [-0.39, 0.29) is 18.7 Å². The number of rotatable bonds is 8. The van der Waals surface area contributed by atoms with E-state index in [0.717, 1.165) is 0 Å². The minimum Gasteiger partial charge on any atom is -0.463 e. The van der Waals surface area contributed by atoms with Crippen LogP contribution < -0.4 is 4.90 Å². The largest absolute Gasteiger partial charge is 0.463 e. The molecular formula is C19H15F5N4O2. The first-order valence-corrected chi connectivity index (χ1v) is 8.60. The van der Waals surface area contributed by atoms with E-state index in [9.17, 15) is 26.7 Å². The summed E-state index contributed by atoms with van der Waals surface area (Å²) < 4.78 is 71.5. The number of nitrogens with zero attached hydrogens (tertiary/aromatic N) is 4. The molecule has 0 aromatic heterocycles. The lowest BCUT2D eigenvalue weighted by molar-refractivity contribution is -0.142. The molecule has 0 unspecified atom stereocenters. The monoisotopic (exact) mass is 426 g/mol. The van der Waals surface area contributed by atoms with Crippen molar-refractivity contribution in [3.05, 3.63) is 53.4 Å². The Balaban J connectivity index is 2.11. The number of hydrogen-bond donors (Lipinski definition) is 0. The van der Waals surface area contributed by atoms with Gasteiger partial charge in [-0.1, -0.05) is 0 Å². The van der Waals surface area contributed by atoms with Gasteiger partial charge in [0.1, 0.15) is 13.0 Å². The molecule has 158 valence electrons. The molecule has 0 heterocycles. The van der Waals surface area contributed by atoms with Crippen LogP contribution >= 0.6 is 0 Å². The highest BCUT2D eigenvalue weighted by molar-refractivity contribution is 5.71. The Morgan fingerprint density at radius 3 is 2.10 bits per heavy atom. The van der Waals surface area contributed by atoms with E-state index >= 15 is 0 Å². The molecule has 0 aliphatic heterocycles. The number of benzene rings is 2. The van der Waals surface area contributed by atoms with Crippen LogP contribution in [0.15, 0.2) is 34.5 Å². The fourth-order valence-electron chi connectivity index (χ4n) is 2.37. The van der Waals surface area contributed by atoms with E-state index in [0.29, 0.717) is 18.8 Å². The second-order valence-corrected chi connectivity index (χ2v) is 5.77. The van der Waals surface area contributed by atoms with Crippen molar-refractivity contribution < 1.29 is 31.5 Å². The Morgan fingerprint density at radius 2 is 1.57 bits per heavy atom. The van der Waals surface area contributed by atoms with Crippen molar-refractivity contribution in [2.75, 3.05) is 24.6 Å². The fraction of sp³-hybridized carbons (Fsp3) is 0.263. The first-order valence-electron chi connectivity index (χ1n) is 8.60. The third-order valence-corrected chi connectivity index (χ3v) is 3.90. The smallest absolute Gasteiger partial charge is 0.320 e. The predicted molar refractivity (Wildman–Crippen MR) is 95.9 cm³/mol. The van der Waals surface area contributed by atoms with Crippen LogP contribution in [0.25, 0.3) is 0 Å². The molecule has 0 saturated heterocycles. The van der Waals surface area contributed by atoms with Crippen LogP contribution in [-0.4, -0.2) is 25.7 Å². The Labute approximate surface area is 168 Å². The molecule has 0 aliphatic carbocycles. The van der Waals surface area contributed by atoms with Gasteiger partial charge in [-0.2, -0.15) is 10.4 Å². The molecule has 0 N–H and O–H groups in total. The van der Waals surface area contributed by atoms with Crippen LogP contribution in [0.3, 0.4) is 0 Å². The molecule has 11 heteroatoms. The average molecular weight is 426 g/mol. The number of esters is 1. The standard InChI is InChI=1S/C19H15F5N4O2/c1-2-28(9-10-30-13(29)7-8-25)12-5-3-11(4-6-12)26-27-19-17(23)15(21)14(20)16(22)18(19)24/h3-6H,2,7,9-10H2,1H3. The zero-order valence-corrected chi connectivity index (χ0v) is 15.6. The maximum atomic E-state index is 13.6. The second kappa shape index (κ2) is 10.3. The summed E-state index contributed by atoms with van der Waals surface area (Å²) >= 11 is 0. The SMILES string of the molecule is CCN(CCOC(=O)CC#N)c1ccc(N=Nc2c(F)c(F)c(F)c(F)c2F)cc1. The number of azo groups is 1. The van der Waals surface area contributed by atoms with E-state index in [1.807, 2.05) is 11.8 Å². The van der Waals surface area contributed by atoms with Gasteiger partial charge in [-0.25, -0.2) is 22.0 Å². The Morgan fingerprint density at radius 1 is 1.00 bits per heavy atom. The van der Waals surface area contributed by atoms with E-state index in [4.69, 9.17) is 10.00 Å². The molecule has 6 nitrogen and oxygen atoms in total. The van der Waals surface area contributed by atoms with E-state index < -0.39 is 40.7 Å². The lowest BCUT2D eigenvalue weighted by atomic mass is 10.2. The molecule has 0 atom stereocenters. The van der Waals surface area contributed by atoms with Gasteiger partial charge in [0.05, 0.1) is 18.3 Å². The molecular weight excluding hydrogens is 411 g/mol. The summed E-state index contributed by atoms with van der Waals surface area (Å²) in [4.78, 5) is 13.0. The number of carbonyl (C=O) groups is 1. The molecule has 0 radical (unpaired) electrons. The molecule has 0 spiro atoms. The highest BCUT2D eigenvalue weighted by atomic mass is 19.2. The minimum absolute atomic E-state index is 0.0655. The van der Waals surface area contributed by atoms with Gasteiger partial charge in [0.25, 0.3) is 0 Å². The molecule has 0 aliphatic rings. The van der Waals surface area contributed by atoms with Gasteiger partial charge in [0.15, 0.2) is 29.0 Å². The van der Waals surface area contributed by atoms with Crippen LogP contribution in [0.4, 0.5) is 39.0 Å². The first kappa shape index (κ1) is 22.7. The molecule has 0 bridgehead atoms. The summed E-state index contributed by atoms with van der Waals surface area (Å²) in [6.07, 6.45) is -0.338. The van der Waals surface area contributed by atoms with Crippen LogP contribution in [0, 0.1) is 40.4 Å². The quantitative estimate of drug-likeness (QED) is 0.194. The van der Waals surface area contributed by atoms with Gasteiger partial charge < -0.3 is 9.64 Å². The number of likely N-dealkylation sites (N-methyl/N-ethyl adjacent to an activating group) is 1. The van der Waals surface area contributed by atoms with Gasteiger partial charge in [-0.05, 0) is 31.2 Å². The van der Waals surface area contributed by atoms with Crippen LogP contribution in [-0.2, 0) is 9.53 Å². The van der Waals surface area contributed by atoms with Crippen molar-refractivity contribution in [1.82, 2.24) is 0 Å². The Hall–Kier alpha value is -3.55. The molecule has 0 saturated carbocycles. The number of nitriles is 1. The van der Waals surface area contributed by atoms with Crippen LogP contribution in [0.5, 0.6) is 0 Å². The number of ether oxygens (including phenoxy) is 1. The van der Waals surface area contributed by atoms with Crippen molar-refractivity contribution in [3.63, 3.8) is 0 Å². The first-order chi connectivity index (χ1) is 14.3. The van der Waals surface area contributed by atoms with Gasteiger partial charge in [-0.3, -0.25) is 4.79 Å². The summed E-state index contributed by atoms with van der Waals surface area (Å²) in [6, 6.07) is 7.72. The van der Waals surface area contributed by atoms with Gasteiger partial charge in [0, 0.05) is 12.2 Å². The van der Waals surface area contributed by atoms with Gasteiger partial charge >= 0.3 is 5.97 Å². The highest BCUT2D eigenvalue weighted by Gasteiger charge is 2.25. The zero-order chi connectivity index (χ0) is 22.3. The van der Waals surface area contributed by atoms with Crippen molar-refractivity contribution in [2.45, 2.75) is 13.3 Å². The highest BCUT2D eigenvalue weighted by Crippen LogP contribution is 2.31. The van der Waals surface area contributed by atoms with Crippen molar-refractivity contribution in [2.24, 2.45) is 10.2 Å². The molecule has 0 fully saturated rings. The van der Waals surface area contributed by atoms with E-state index in [1.54, 1.807) is 18.2 Å². The van der Waals surface area contributed by atoms with Gasteiger partial charge in [0.2, 0.25) is 5.82 Å². The predicted octanol–water partition coefficient (Wildman–Crippen LogP) is 5.08. The Kier molecular flexibility index (Phi) is 7.80. The third kappa shape index (κ3) is 5.28. The summed E-state index contributed by atoms with van der Waals surface area (Å²) in [5.74, 6) is -11.3. The average Bonchev–Trinajstić information content (AvgIpc) is 2.74. The molecule has 30 heavy (non-hydrogen) atoms. The summed E-state index contributed by atoms with van der Waals surface area (Å²) in [7, 11) is 0. The zero-order valence-electron chi connectivity index (χ0n) is 15.6. The van der Waals surface area contributed by atoms with Crippen molar-refractivity contribution in [3.8, 4) is 6.07 Å². The molecule has 0 amide bonds. The molecule has 2 aromatic carbocycles. The molecule has 2 aromatic rings. The van der Waals surface area contributed by atoms with Crippen molar-refractivity contribution >= 4 is 23.0 Å². The maximum Gasteiger partial charge on any atom is 0.320 e. The topological polar surface area (TPSA) is 78.0 Å². The minimum atomic E-state index is -2.27. The van der Waals surface area contributed by atoms with Crippen molar-refractivity contribution in [1.29, 1.82) is 5.26 Å². The second-order valence-electron chi connectivity index (χ2n) is 5.77. The van der Waals surface area contributed by atoms with E-state index in [2.05, 4.69) is 10.2 Å². The van der Waals surface area contributed by atoms with E-state index in [1.165, 1.54) is 12.1 Å². The lowest BCUT2D eigenvalue weighted by Gasteiger charge is -2.22. The summed E-state index contributed by atoms with van der Waals surface area (Å²) in [6.45, 7) is 2.82. The third-order valence-electron chi connectivity index (χ3n) is 3.90. The number of anilines is 1. The molecule has 2 rings (SSSR count). The number of halogens is 5. The van der Waals surface area contributed by atoms with Gasteiger partial charge in [-0.15, -0.1) is 5.11 Å². The Bertz CT molecular complexity index is 961. The summed E-state index contributed by atoms with van der Waals surface area (Å²) in [5.41, 5.74) is -0.576. The van der Waals surface area contributed by atoms with Crippen LogP contribution in [0.2, 0.25) is 0 Å². The van der Waals surface area contributed by atoms with Crippen LogP contribution in [0.1, 0.15) is 13.3 Å².